The molecule has 1 heterocycles. The predicted octanol–water partition coefficient (Wildman–Crippen LogP) is 4.25. The molecule has 0 radical (unpaired) electrons. The van der Waals surface area contributed by atoms with Gasteiger partial charge in [0.15, 0.2) is 0 Å². The van der Waals surface area contributed by atoms with Crippen molar-refractivity contribution in [2.24, 2.45) is 0 Å². The molecule has 3 amide bonds. The van der Waals surface area contributed by atoms with Crippen LogP contribution in [-0.2, 0) is 20.9 Å². The second-order valence-corrected chi connectivity index (χ2v) is 7.98. The molecule has 4 rings (SSSR count). The molecule has 3 aromatic carbocycles. The molecule has 1 saturated heterocycles. The van der Waals surface area contributed by atoms with Gasteiger partial charge in [-0.15, -0.1) is 0 Å². The number of amides is 3. The first-order valence-corrected chi connectivity index (χ1v) is 10.6. The lowest BCUT2D eigenvalue weighted by Crippen LogP contribution is -2.36. The van der Waals surface area contributed by atoms with Crippen LogP contribution >= 0.6 is 15.9 Å². The van der Waals surface area contributed by atoms with E-state index in [0.29, 0.717) is 17.9 Å². The number of carbonyl (C=O) groups excluding carboxylic acids is 3. The number of rotatable bonds is 6. The van der Waals surface area contributed by atoms with Crippen LogP contribution in [0, 0.1) is 0 Å². The second-order valence-electron chi connectivity index (χ2n) is 7.06. The van der Waals surface area contributed by atoms with Gasteiger partial charge >= 0.3 is 12.0 Å². The number of nitrogens with zero attached hydrogens (tertiary/aromatic N) is 1. The van der Waals surface area contributed by atoms with E-state index in [2.05, 4.69) is 26.0 Å². The normalized spacial score (nSPS) is 14.7. The Labute approximate surface area is 192 Å². The zero-order valence-electron chi connectivity index (χ0n) is 17.1. The summed E-state index contributed by atoms with van der Waals surface area (Å²) in [6.45, 7) is -0.130. The Morgan fingerprint density at radius 2 is 1.88 bits per heavy atom. The van der Waals surface area contributed by atoms with Crippen LogP contribution in [0.1, 0.15) is 11.1 Å². The minimum absolute atomic E-state index is 0.0482. The molecule has 0 aliphatic carbocycles. The van der Waals surface area contributed by atoms with Crippen molar-refractivity contribution in [3.8, 4) is 5.75 Å². The number of fused-ring (bicyclic) bond motifs is 1. The van der Waals surface area contributed by atoms with Crippen LogP contribution in [0.5, 0.6) is 5.75 Å². The highest BCUT2D eigenvalue weighted by atomic mass is 79.9. The first kappa shape index (κ1) is 21.6. The quantitative estimate of drug-likeness (QED) is 0.314. The number of ether oxygens (including phenoxy) is 2. The third-order valence-corrected chi connectivity index (χ3v) is 5.51. The summed E-state index contributed by atoms with van der Waals surface area (Å²) in [6.07, 6.45) is 1.53. The maximum Gasteiger partial charge on any atom is 0.329 e. The fraction of sp³-hybridized carbons (Fsp3) is 0.125. The largest absolute Gasteiger partial charge is 0.488 e. The lowest BCUT2D eigenvalue weighted by atomic mass is 10.1. The van der Waals surface area contributed by atoms with Crippen LogP contribution in [0.4, 0.5) is 4.79 Å². The van der Waals surface area contributed by atoms with Crippen LogP contribution in [0.25, 0.3) is 16.8 Å². The Bertz CT molecular complexity index is 1250. The van der Waals surface area contributed by atoms with E-state index < -0.39 is 24.5 Å². The van der Waals surface area contributed by atoms with Gasteiger partial charge in [-0.1, -0.05) is 58.4 Å². The molecule has 32 heavy (non-hydrogen) atoms. The smallest absolute Gasteiger partial charge is 0.329 e. The molecule has 0 bridgehead atoms. The summed E-state index contributed by atoms with van der Waals surface area (Å²) < 4.78 is 11.4. The van der Waals surface area contributed by atoms with Crippen LogP contribution in [0.2, 0.25) is 0 Å². The Hall–Kier alpha value is -3.65. The molecule has 0 unspecified atom stereocenters. The third-order valence-electron chi connectivity index (χ3n) is 5.01. The fourth-order valence-corrected chi connectivity index (χ4v) is 3.78. The Morgan fingerprint density at radius 1 is 1.09 bits per heavy atom. The van der Waals surface area contributed by atoms with Gasteiger partial charge in [-0.2, -0.15) is 0 Å². The molecule has 1 fully saturated rings. The van der Waals surface area contributed by atoms with Crippen molar-refractivity contribution in [2.45, 2.75) is 6.61 Å². The molecule has 3 aromatic rings. The number of benzene rings is 3. The molecule has 1 N–H and O–H groups in total. The van der Waals surface area contributed by atoms with E-state index in [0.717, 1.165) is 25.7 Å². The zero-order valence-corrected chi connectivity index (χ0v) is 18.7. The average Bonchev–Trinajstić information content (AvgIpc) is 3.05. The summed E-state index contributed by atoms with van der Waals surface area (Å²) in [4.78, 5) is 37.0. The second kappa shape index (κ2) is 9.23. The fourth-order valence-electron chi connectivity index (χ4n) is 3.40. The molecule has 0 spiro atoms. The Kier molecular flexibility index (Phi) is 6.23. The van der Waals surface area contributed by atoms with Crippen LogP contribution < -0.4 is 10.1 Å². The van der Waals surface area contributed by atoms with Gasteiger partial charge in [-0.25, -0.2) is 9.69 Å². The summed E-state index contributed by atoms with van der Waals surface area (Å²) in [7, 11) is 1.19. The van der Waals surface area contributed by atoms with Gasteiger partial charge in [0.2, 0.25) is 0 Å². The number of esters is 1. The first-order chi connectivity index (χ1) is 15.5. The van der Waals surface area contributed by atoms with E-state index in [9.17, 15) is 14.4 Å². The lowest BCUT2D eigenvalue weighted by molar-refractivity contribution is -0.143. The Morgan fingerprint density at radius 3 is 2.69 bits per heavy atom. The van der Waals surface area contributed by atoms with Gasteiger partial charge in [0.05, 0.1) is 7.11 Å². The highest BCUT2D eigenvalue weighted by molar-refractivity contribution is 9.10. The molecular formula is C24H19BrN2O5. The number of imide groups is 1. The van der Waals surface area contributed by atoms with Gasteiger partial charge in [0, 0.05) is 10.0 Å². The summed E-state index contributed by atoms with van der Waals surface area (Å²) >= 11 is 3.43. The molecule has 7 nitrogen and oxygen atoms in total. The molecular weight excluding hydrogens is 476 g/mol. The average molecular weight is 495 g/mol. The lowest BCUT2D eigenvalue weighted by Gasteiger charge is -2.12. The number of urea groups is 1. The summed E-state index contributed by atoms with van der Waals surface area (Å²) in [5, 5.41) is 4.72. The van der Waals surface area contributed by atoms with Crippen molar-refractivity contribution in [1.82, 2.24) is 10.2 Å². The number of hydrogen-bond donors (Lipinski definition) is 1. The SMILES string of the molecule is COC(=O)CN1C(=O)N/C(=C/c2cc(Br)ccc2OCc2cccc3ccccc23)C1=O. The molecule has 162 valence electrons. The summed E-state index contributed by atoms with van der Waals surface area (Å²) in [5.41, 5.74) is 1.68. The van der Waals surface area contributed by atoms with E-state index in [4.69, 9.17) is 4.74 Å². The van der Waals surface area contributed by atoms with Crippen LogP contribution in [0.15, 0.2) is 70.8 Å². The third kappa shape index (κ3) is 4.50. The zero-order chi connectivity index (χ0) is 22.7. The van der Waals surface area contributed by atoms with Crippen molar-refractivity contribution < 1.29 is 23.9 Å². The molecule has 0 aromatic heterocycles. The maximum atomic E-state index is 12.6. The highest BCUT2D eigenvalue weighted by Crippen LogP contribution is 2.28. The van der Waals surface area contributed by atoms with Gasteiger partial charge < -0.3 is 14.8 Å². The minimum atomic E-state index is -0.684. The molecule has 0 atom stereocenters. The van der Waals surface area contributed by atoms with Gasteiger partial charge in [-0.3, -0.25) is 9.59 Å². The number of hydrogen-bond acceptors (Lipinski definition) is 5. The van der Waals surface area contributed by atoms with E-state index in [1.807, 2.05) is 48.5 Å². The topological polar surface area (TPSA) is 84.9 Å². The van der Waals surface area contributed by atoms with Crippen LogP contribution in [-0.4, -0.2) is 36.5 Å². The van der Waals surface area contributed by atoms with Crippen molar-refractivity contribution >= 4 is 50.7 Å². The van der Waals surface area contributed by atoms with Gasteiger partial charge in [-0.05, 0) is 40.6 Å². The van der Waals surface area contributed by atoms with Crippen molar-refractivity contribution in [2.75, 3.05) is 13.7 Å². The highest BCUT2D eigenvalue weighted by Gasteiger charge is 2.35. The van der Waals surface area contributed by atoms with Crippen molar-refractivity contribution in [1.29, 1.82) is 0 Å². The number of methoxy groups -OCH3 is 1. The van der Waals surface area contributed by atoms with E-state index in [1.54, 1.807) is 12.1 Å². The number of halogens is 1. The summed E-state index contributed by atoms with van der Waals surface area (Å²) in [6, 6.07) is 18.8. The van der Waals surface area contributed by atoms with Crippen molar-refractivity contribution in [3.05, 3.63) is 82.0 Å². The van der Waals surface area contributed by atoms with Crippen molar-refractivity contribution in [3.63, 3.8) is 0 Å². The minimum Gasteiger partial charge on any atom is -0.488 e. The molecule has 1 aliphatic rings. The Balaban J connectivity index is 1.59. The monoisotopic (exact) mass is 494 g/mol. The number of nitrogens with one attached hydrogen (secondary N) is 1. The predicted molar refractivity (Wildman–Crippen MR) is 123 cm³/mol. The molecule has 0 saturated carbocycles. The van der Waals surface area contributed by atoms with Crippen LogP contribution in [0.3, 0.4) is 0 Å². The molecule has 1 aliphatic heterocycles. The van der Waals surface area contributed by atoms with E-state index in [1.165, 1.54) is 13.2 Å². The van der Waals surface area contributed by atoms with E-state index >= 15 is 0 Å². The standard InChI is InChI=1S/C24H19BrN2O5/c1-31-22(28)13-27-23(29)20(26-24(27)30)12-17-11-18(25)9-10-21(17)32-14-16-7-4-6-15-5-2-3-8-19(15)16/h2-12H,13-14H2,1H3,(H,26,30)/b20-12+. The first-order valence-electron chi connectivity index (χ1n) is 9.76. The van der Waals surface area contributed by atoms with Gasteiger partial charge in [0.25, 0.3) is 5.91 Å². The molecule has 8 heteroatoms. The maximum absolute atomic E-state index is 12.6. The van der Waals surface area contributed by atoms with E-state index in [-0.39, 0.29) is 5.70 Å². The van der Waals surface area contributed by atoms with Gasteiger partial charge in [0.1, 0.15) is 24.6 Å². The number of carbonyl (C=O) groups is 3. The summed E-state index contributed by atoms with van der Waals surface area (Å²) in [5.74, 6) is -0.751.